The second-order valence-electron chi connectivity index (χ2n) is 4.79. The van der Waals surface area contributed by atoms with Crippen LogP contribution in [0.4, 0.5) is 0 Å². The molecule has 4 N–H and O–H groups in total. The lowest BCUT2D eigenvalue weighted by atomic mass is 10.0. The SMILES string of the molecule is CCCCCc1ccc(O)c(CNC(C)(O)O)c1. The van der Waals surface area contributed by atoms with Gasteiger partial charge in [-0.2, -0.15) is 0 Å². The van der Waals surface area contributed by atoms with Crippen molar-refractivity contribution in [2.24, 2.45) is 0 Å². The van der Waals surface area contributed by atoms with Crippen molar-refractivity contribution in [2.75, 3.05) is 0 Å². The molecule has 0 fully saturated rings. The first kappa shape index (κ1) is 15.0. The first-order valence-corrected chi connectivity index (χ1v) is 6.43. The van der Waals surface area contributed by atoms with Crippen LogP contribution in [-0.4, -0.2) is 21.2 Å². The maximum atomic E-state index is 9.70. The van der Waals surface area contributed by atoms with Gasteiger partial charge in [0, 0.05) is 19.0 Å². The normalized spacial score (nSPS) is 11.8. The molecule has 1 aromatic rings. The number of phenols is 1. The van der Waals surface area contributed by atoms with Gasteiger partial charge in [0.25, 0.3) is 0 Å². The lowest BCUT2D eigenvalue weighted by molar-refractivity contribution is -0.170. The monoisotopic (exact) mass is 253 g/mol. The molecule has 0 amide bonds. The molecule has 102 valence electrons. The molecule has 0 radical (unpaired) electrons. The molecule has 0 saturated carbocycles. The average Bonchev–Trinajstić information content (AvgIpc) is 2.29. The van der Waals surface area contributed by atoms with Gasteiger partial charge in [0.1, 0.15) is 5.75 Å². The van der Waals surface area contributed by atoms with Gasteiger partial charge >= 0.3 is 0 Å². The van der Waals surface area contributed by atoms with Crippen LogP contribution in [0.2, 0.25) is 0 Å². The van der Waals surface area contributed by atoms with Gasteiger partial charge in [-0.25, -0.2) is 0 Å². The van der Waals surface area contributed by atoms with Gasteiger partial charge in [0.2, 0.25) is 5.91 Å². The number of phenolic OH excluding ortho intramolecular Hbond substituents is 1. The summed E-state index contributed by atoms with van der Waals surface area (Å²) < 4.78 is 0. The Labute approximate surface area is 108 Å². The molecule has 0 heterocycles. The highest BCUT2D eigenvalue weighted by molar-refractivity contribution is 5.36. The highest BCUT2D eigenvalue weighted by Gasteiger charge is 2.14. The number of hydrogen-bond donors (Lipinski definition) is 4. The summed E-state index contributed by atoms with van der Waals surface area (Å²) in [6, 6.07) is 5.47. The summed E-state index contributed by atoms with van der Waals surface area (Å²) in [6.07, 6.45) is 4.49. The summed E-state index contributed by atoms with van der Waals surface area (Å²) in [5, 5.41) is 30.6. The third kappa shape index (κ3) is 5.49. The van der Waals surface area contributed by atoms with Crippen molar-refractivity contribution in [1.29, 1.82) is 0 Å². The van der Waals surface area contributed by atoms with E-state index < -0.39 is 5.91 Å². The molecule has 0 unspecified atom stereocenters. The Morgan fingerprint density at radius 2 is 1.94 bits per heavy atom. The molecular formula is C14H23NO3. The zero-order valence-electron chi connectivity index (χ0n) is 11.1. The Kier molecular flexibility index (Phi) is 5.59. The van der Waals surface area contributed by atoms with Gasteiger partial charge in [0.15, 0.2) is 0 Å². The molecule has 0 atom stereocenters. The summed E-state index contributed by atoms with van der Waals surface area (Å²) in [5.41, 5.74) is 1.84. The number of benzene rings is 1. The zero-order valence-corrected chi connectivity index (χ0v) is 11.1. The van der Waals surface area contributed by atoms with Crippen molar-refractivity contribution in [3.05, 3.63) is 29.3 Å². The Morgan fingerprint density at radius 1 is 1.22 bits per heavy atom. The summed E-state index contributed by atoms with van der Waals surface area (Å²) in [4.78, 5) is 0. The number of rotatable bonds is 7. The number of aromatic hydroxyl groups is 1. The fraction of sp³-hybridized carbons (Fsp3) is 0.571. The fourth-order valence-corrected chi connectivity index (χ4v) is 1.78. The molecule has 0 spiro atoms. The molecule has 1 rings (SSSR count). The maximum absolute atomic E-state index is 9.70. The summed E-state index contributed by atoms with van der Waals surface area (Å²) in [5.74, 6) is -1.75. The molecular weight excluding hydrogens is 230 g/mol. The van der Waals surface area contributed by atoms with Crippen LogP contribution in [0.25, 0.3) is 0 Å². The predicted molar refractivity (Wildman–Crippen MR) is 71.0 cm³/mol. The number of aliphatic hydroxyl groups is 2. The summed E-state index contributed by atoms with van der Waals surface area (Å²) in [6.45, 7) is 3.63. The first-order chi connectivity index (χ1) is 8.42. The second-order valence-corrected chi connectivity index (χ2v) is 4.79. The number of hydrogen-bond acceptors (Lipinski definition) is 4. The highest BCUT2D eigenvalue weighted by Crippen LogP contribution is 2.20. The van der Waals surface area contributed by atoms with Crippen molar-refractivity contribution in [2.45, 2.75) is 52.0 Å². The van der Waals surface area contributed by atoms with Crippen LogP contribution in [-0.2, 0) is 13.0 Å². The number of nitrogens with one attached hydrogen (secondary N) is 1. The van der Waals surface area contributed by atoms with Crippen LogP contribution in [0.15, 0.2) is 18.2 Å². The van der Waals surface area contributed by atoms with E-state index in [1.807, 2.05) is 12.1 Å². The van der Waals surface area contributed by atoms with Crippen LogP contribution < -0.4 is 5.32 Å². The zero-order chi connectivity index (χ0) is 13.6. The predicted octanol–water partition coefficient (Wildman–Crippen LogP) is 1.87. The minimum atomic E-state index is -1.93. The fourth-order valence-electron chi connectivity index (χ4n) is 1.78. The molecule has 4 heteroatoms. The maximum Gasteiger partial charge on any atom is 0.219 e. The van der Waals surface area contributed by atoms with E-state index in [-0.39, 0.29) is 12.3 Å². The Hall–Kier alpha value is -1.10. The van der Waals surface area contributed by atoms with Crippen molar-refractivity contribution in [3.63, 3.8) is 0 Å². The van der Waals surface area contributed by atoms with Crippen LogP contribution in [0.3, 0.4) is 0 Å². The van der Waals surface area contributed by atoms with E-state index in [4.69, 9.17) is 0 Å². The van der Waals surface area contributed by atoms with E-state index in [1.165, 1.54) is 19.8 Å². The number of unbranched alkanes of at least 4 members (excludes halogenated alkanes) is 2. The molecule has 1 aromatic carbocycles. The highest BCUT2D eigenvalue weighted by atomic mass is 16.5. The van der Waals surface area contributed by atoms with Crippen LogP contribution >= 0.6 is 0 Å². The van der Waals surface area contributed by atoms with Crippen molar-refractivity contribution in [1.82, 2.24) is 5.32 Å². The summed E-state index contributed by atoms with van der Waals surface area (Å²) in [7, 11) is 0. The lowest BCUT2D eigenvalue weighted by Gasteiger charge is -2.18. The Bertz CT molecular complexity index is 372. The van der Waals surface area contributed by atoms with Gasteiger partial charge in [-0.3, -0.25) is 5.32 Å². The van der Waals surface area contributed by atoms with Crippen molar-refractivity contribution in [3.8, 4) is 5.75 Å². The van der Waals surface area contributed by atoms with Crippen LogP contribution in [0.1, 0.15) is 44.2 Å². The van der Waals surface area contributed by atoms with Crippen molar-refractivity contribution < 1.29 is 15.3 Å². The molecule has 0 aliphatic heterocycles. The molecule has 18 heavy (non-hydrogen) atoms. The van der Waals surface area contributed by atoms with Crippen LogP contribution in [0.5, 0.6) is 5.75 Å². The van der Waals surface area contributed by atoms with E-state index in [0.29, 0.717) is 5.56 Å². The first-order valence-electron chi connectivity index (χ1n) is 6.43. The topological polar surface area (TPSA) is 72.7 Å². The third-order valence-corrected chi connectivity index (χ3v) is 2.83. The van der Waals surface area contributed by atoms with Gasteiger partial charge in [-0.1, -0.05) is 31.9 Å². The number of aryl methyl sites for hydroxylation is 1. The molecule has 0 aliphatic carbocycles. The Balaban J connectivity index is 2.63. The smallest absolute Gasteiger partial charge is 0.219 e. The Morgan fingerprint density at radius 3 is 2.56 bits per heavy atom. The summed E-state index contributed by atoms with van der Waals surface area (Å²) >= 11 is 0. The largest absolute Gasteiger partial charge is 0.508 e. The second kappa shape index (κ2) is 6.73. The molecule has 0 aliphatic rings. The van der Waals surface area contributed by atoms with E-state index in [2.05, 4.69) is 12.2 Å². The van der Waals surface area contributed by atoms with Crippen molar-refractivity contribution >= 4 is 0 Å². The standard InChI is InChI=1S/C14H23NO3/c1-3-4-5-6-11-7-8-13(16)12(9-11)10-15-14(2,17)18/h7-9,15-18H,3-6,10H2,1-2H3. The van der Waals surface area contributed by atoms with Gasteiger partial charge < -0.3 is 15.3 Å². The third-order valence-electron chi connectivity index (χ3n) is 2.83. The quantitative estimate of drug-likeness (QED) is 0.442. The van der Waals surface area contributed by atoms with Crippen LogP contribution in [0, 0.1) is 0 Å². The molecule has 0 bridgehead atoms. The van der Waals surface area contributed by atoms with E-state index in [9.17, 15) is 15.3 Å². The van der Waals surface area contributed by atoms with Gasteiger partial charge in [-0.15, -0.1) is 0 Å². The van der Waals surface area contributed by atoms with Gasteiger partial charge in [-0.05, 0) is 24.5 Å². The van der Waals surface area contributed by atoms with E-state index in [1.54, 1.807) is 6.07 Å². The van der Waals surface area contributed by atoms with E-state index in [0.717, 1.165) is 18.4 Å². The molecule has 0 aromatic heterocycles. The minimum Gasteiger partial charge on any atom is -0.508 e. The molecule has 0 saturated heterocycles. The average molecular weight is 253 g/mol. The molecule has 4 nitrogen and oxygen atoms in total. The minimum absolute atomic E-state index is 0.172. The lowest BCUT2D eigenvalue weighted by Crippen LogP contribution is -2.41. The van der Waals surface area contributed by atoms with Gasteiger partial charge in [0.05, 0.1) is 0 Å². The van der Waals surface area contributed by atoms with E-state index >= 15 is 0 Å².